The van der Waals surface area contributed by atoms with Gasteiger partial charge in [0, 0.05) is 12.0 Å². The third-order valence-corrected chi connectivity index (χ3v) is 2.02. The molecule has 0 spiro atoms. The van der Waals surface area contributed by atoms with E-state index >= 15 is 0 Å². The van der Waals surface area contributed by atoms with Gasteiger partial charge >= 0.3 is 0 Å². The monoisotopic (exact) mass is 198 g/mol. The minimum Gasteiger partial charge on any atom is -0.496 e. The lowest BCUT2D eigenvalue weighted by molar-refractivity contribution is 0.192. The molecule has 0 aliphatic carbocycles. The second kappa shape index (κ2) is 4.42. The second-order valence-electron chi connectivity index (χ2n) is 3.48. The molecule has 0 aromatic heterocycles. The van der Waals surface area contributed by atoms with E-state index in [0.29, 0.717) is 11.3 Å². The van der Waals surface area contributed by atoms with Crippen LogP contribution in [-0.4, -0.2) is 18.3 Å². The topological polar surface area (TPSA) is 29.5 Å². The lowest BCUT2D eigenvalue weighted by atomic mass is 10.0. The molecule has 1 N–H and O–H groups in total. The lowest BCUT2D eigenvalue weighted by Crippen LogP contribution is -2.08. The molecule has 0 unspecified atom stereocenters. The molecule has 2 nitrogen and oxygen atoms in total. The highest BCUT2D eigenvalue weighted by Gasteiger charge is 2.12. The summed E-state index contributed by atoms with van der Waals surface area (Å²) in [6, 6.07) is 3.21. The zero-order valence-corrected chi connectivity index (χ0v) is 8.67. The Morgan fingerprint density at radius 3 is 2.64 bits per heavy atom. The minimum atomic E-state index is -0.568. The summed E-state index contributed by atoms with van der Waals surface area (Å²) in [4.78, 5) is 0. The van der Waals surface area contributed by atoms with E-state index in [4.69, 9.17) is 4.74 Å². The Kier molecular flexibility index (Phi) is 3.47. The van der Waals surface area contributed by atoms with Crippen molar-refractivity contribution in [2.75, 3.05) is 7.11 Å². The van der Waals surface area contributed by atoms with Gasteiger partial charge in [0.2, 0.25) is 0 Å². The molecule has 0 aliphatic rings. The Bertz CT molecular complexity index is 321. The maximum Gasteiger partial charge on any atom is 0.130 e. The van der Waals surface area contributed by atoms with Gasteiger partial charge in [0.15, 0.2) is 0 Å². The number of halogens is 1. The fourth-order valence-electron chi connectivity index (χ4n) is 1.42. The fraction of sp³-hybridized carbons (Fsp3) is 0.455. The van der Waals surface area contributed by atoms with Crippen molar-refractivity contribution in [2.24, 2.45) is 0 Å². The van der Waals surface area contributed by atoms with Crippen LogP contribution >= 0.6 is 0 Å². The molecule has 1 atom stereocenters. The number of hydrogen-bond donors (Lipinski definition) is 1. The second-order valence-corrected chi connectivity index (χ2v) is 3.48. The lowest BCUT2D eigenvalue weighted by Gasteiger charge is -2.12. The molecule has 3 heteroatoms. The minimum absolute atomic E-state index is 0.273. The van der Waals surface area contributed by atoms with E-state index in [2.05, 4.69) is 0 Å². The summed E-state index contributed by atoms with van der Waals surface area (Å²) in [5.74, 6) is 0.186. The van der Waals surface area contributed by atoms with E-state index < -0.39 is 6.10 Å². The van der Waals surface area contributed by atoms with E-state index in [1.54, 1.807) is 19.9 Å². The molecule has 0 saturated carbocycles. The molecule has 0 amide bonds. The van der Waals surface area contributed by atoms with E-state index in [1.165, 1.54) is 13.2 Å². The fourth-order valence-corrected chi connectivity index (χ4v) is 1.42. The van der Waals surface area contributed by atoms with Crippen LogP contribution in [0.15, 0.2) is 12.1 Å². The molecule has 1 aromatic carbocycles. The smallest absolute Gasteiger partial charge is 0.130 e. The molecule has 0 aliphatic heterocycles. The quantitative estimate of drug-likeness (QED) is 0.805. The maximum absolute atomic E-state index is 13.5. The van der Waals surface area contributed by atoms with Crippen LogP contribution in [0, 0.1) is 12.7 Å². The van der Waals surface area contributed by atoms with Gasteiger partial charge in [-0.05, 0) is 31.5 Å². The maximum atomic E-state index is 13.5. The first-order valence-corrected chi connectivity index (χ1v) is 4.55. The number of hydrogen-bond acceptors (Lipinski definition) is 2. The van der Waals surface area contributed by atoms with Crippen LogP contribution < -0.4 is 4.74 Å². The number of aryl methyl sites for hydroxylation is 1. The molecule has 0 radical (unpaired) electrons. The van der Waals surface area contributed by atoms with Crippen LogP contribution in [0.5, 0.6) is 5.75 Å². The Morgan fingerprint density at radius 2 is 2.14 bits per heavy atom. The summed E-state index contributed by atoms with van der Waals surface area (Å²) in [7, 11) is 1.50. The number of aliphatic hydroxyl groups excluding tert-OH is 1. The summed E-state index contributed by atoms with van der Waals surface area (Å²) in [5, 5.41) is 9.20. The molecular formula is C11H15FO2. The van der Waals surface area contributed by atoms with Crippen molar-refractivity contribution >= 4 is 0 Å². The SMILES string of the molecule is COc1cc(C)cc(F)c1C[C@H](C)O. The van der Waals surface area contributed by atoms with E-state index in [0.717, 1.165) is 5.56 Å². The van der Waals surface area contributed by atoms with Crippen molar-refractivity contribution in [3.05, 3.63) is 29.1 Å². The first-order chi connectivity index (χ1) is 6.54. The first kappa shape index (κ1) is 11.0. The van der Waals surface area contributed by atoms with Gasteiger partial charge < -0.3 is 9.84 Å². The standard InChI is InChI=1S/C11H15FO2/c1-7-4-10(12)9(6-8(2)13)11(5-7)14-3/h4-5,8,13H,6H2,1-3H3/t8-/m0/s1. The van der Waals surface area contributed by atoms with Gasteiger partial charge in [-0.1, -0.05) is 0 Å². The molecular weight excluding hydrogens is 183 g/mol. The highest BCUT2D eigenvalue weighted by atomic mass is 19.1. The van der Waals surface area contributed by atoms with Crippen molar-refractivity contribution in [2.45, 2.75) is 26.4 Å². The van der Waals surface area contributed by atoms with Crippen molar-refractivity contribution in [3.63, 3.8) is 0 Å². The number of rotatable bonds is 3. The van der Waals surface area contributed by atoms with E-state index in [1.807, 2.05) is 0 Å². The summed E-state index contributed by atoms with van der Waals surface area (Å²) in [6.07, 6.45) is -0.295. The Balaban J connectivity index is 3.11. The predicted octanol–water partition coefficient (Wildman–Crippen LogP) is 2.07. The number of benzene rings is 1. The van der Waals surface area contributed by atoms with Crippen molar-refractivity contribution in [1.82, 2.24) is 0 Å². The highest BCUT2D eigenvalue weighted by molar-refractivity contribution is 5.38. The van der Waals surface area contributed by atoms with Gasteiger partial charge in [0.05, 0.1) is 13.2 Å². The normalized spacial score (nSPS) is 12.6. The molecule has 0 fully saturated rings. The molecule has 0 saturated heterocycles. The Morgan fingerprint density at radius 1 is 1.50 bits per heavy atom. The molecule has 0 heterocycles. The summed E-state index contributed by atoms with van der Waals surface area (Å²) < 4.78 is 18.5. The zero-order valence-electron chi connectivity index (χ0n) is 8.67. The summed E-state index contributed by atoms with van der Waals surface area (Å²) in [6.45, 7) is 3.43. The van der Waals surface area contributed by atoms with Crippen molar-refractivity contribution in [1.29, 1.82) is 0 Å². The number of aliphatic hydroxyl groups is 1. The molecule has 78 valence electrons. The first-order valence-electron chi connectivity index (χ1n) is 4.55. The largest absolute Gasteiger partial charge is 0.496 e. The Labute approximate surface area is 83.3 Å². The number of methoxy groups -OCH3 is 1. The van der Waals surface area contributed by atoms with Gasteiger partial charge in [0.25, 0.3) is 0 Å². The molecule has 14 heavy (non-hydrogen) atoms. The van der Waals surface area contributed by atoms with E-state index in [9.17, 15) is 9.50 Å². The van der Waals surface area contributed by atoms with Crippen LogP contribution in [-0.2, 0) is 6.42 Å². The van der Waals surface area contributed by atoms with Gasteiger partial charge in [-0.25, -0.2) is 4.39 Å². The molecule has 1 rings (SSSR count). The predicted molar refractivity (Wildman–Crippen MR) is 53.1 cm³/mol. The third-order valence-electron chi connectivity index (χ3n) is 2.02. The van der Waals surface area contributed by atoms with Gasteiger partial charge in [0.1, 0.15) is 11.6 Å². The van der Waals surface area contributed by atoms with Crippen molar-refractivity contribution < 1.29 is 14.2 Å². The Hall–Kier alpha value is -1.09. The van der Waals surface area contributed by atoms with Crippen molar-refractivity contribution in [3.8, 4) is 5.75 Å². The van der Waals surface area contributed by atoms with Crippen LogP contribution in [0.3, 0.4) is 0 Å². The average molecular weight is 198 g/mol. The van der Waals surface area contributed by atoms with Gasteiger partial charge in [-0.2, -0.15) is 0 Å². The third kappa shape index (κ3) is 2.45. The summed E-state index contributed by atoms with van der Waals surface area (Å²) >= 11 is 0. The molecule has 0 bridgehead atoms. The van der Waals surface area contributed by atoms with Crippen LogP contribution in [0.4, 0.5) is 4.39 Å². The summed E-state index contributed by atoms with van der Waals surface area (Å²) in [5.41, 5.74) is 1.25. The zero-order chi connectivity index (χ0) is 10.7. The van der Waals surface area contributed by atoms with Crippen LogP contribution in [0.1, 0.15) is 18.1 Å². The average Bonchev–Trinajstić information content (AvgIpc) is 2.08. The van der Waals surface area contributed by atoms with Crippen LogP contribution in [0.2, 0.25) is 0 Å². The van der Waals surface area contributed by atoms with Gasteiger partial charge in [-0.15, -0.1) is 0 Å². The molecule has 1 aromatic rings. The highest BCUT2D eigenvalue weighted by Crippen LogP contribution is 2.24. The van der Waals surface area contributed by atoms with Crippen LogP contribution in [0.25, 0.3) is 0 Å². The van der Waals surface area contributed by atoms with E-state index in [-0.39, 0.29) is 12.2 Å². The number of ether oxygens (including phenoxy) is 1. The van der Waals surface area contributed by atoms with Gasteiger partial charge in [-0.3, -0.25) is 0 Å².